The van der Waals surface area contributed by atoms with E-state index in [0.29, 0.717) is 0 Å². The fourth-order valence-electron chi connectivity index (χ4n) is 2.66. The Morgan fingerprint density at radius 1 is 1.56 bits per heavy atom. The lowest BCUT2D eigenvalue weighted by Gasteiger charge is -2.27. The molecule has 0 bridgehead atoms. The van der Waals surface area contributed by atoms with Crippen molar-refractivity contribution in [2.24, 2.45) is 0 Å². The van der Waals surface area contributed by atoms with Gasteiger partial charge in [0.1, 0.15) is 17.8 Å². The number of nitrogens with zero attached hydrogens (tertiary/aromatic N) is 3. The maximum absolute atomic E-state index is 11.8. The van der Waals surface area contributed by atoms with Crippen LogP contribution in [0.15, 0.2) is 11.1 Å². The van der Waals surface area contributed by atoms with Gasteiger partial charge in [0.15, 0.2) is 17.4 Å². The molecule has 0 radical (unpaired) electrons. The lowest BCUT2D eigenvalue weighted by molar-refractivity contribution is -0.0949. The van der Waals surface area contributed by atoms with Crippen LogP contribution in [0.5, 0.6) is 0 Å². The topological polar surface area (TPSA) is 206 Å². The molecule has 2 aromatic heterocycles. The number of phosphoric acid groups is 1. The molecule has 1 fully saturated rings. The van der Waals surface area contributed by atoms with Gasteiger partial charge in [-0.2, -0.15) is 4.98 Å². The summed E-state index contributed by atoms with van der Waals surface area (Å²) in [5, 5.41) is 20.8. The molecule has 0 amide bonds. The molecular weight excluding hydrogens is 361 g/mol. The Hall–Kier alpha value is -1.86. The number of H-pyrrole nitrogens is 1. The van der Waals surface area contributed by atoms with Gasteiger partial charge in [-0.1, -0.05) is 0 Å². The van der Waals surface area contributed by atoms with Crippen molar-refractivity contribution in [1.82, 2.24) is 19.5 Å². The molecule has 2 aromatic rings. The molecule has 138 valence electrons. The summed E-state index contributed by atoms with van der Waals surface area (Å²) in [4.78, 5) is 39.4. The minimum atomic E-state index is -4.78. The fraction of sp³-hybridized carbons (Fsp3) is 0.545. The second-order valence-corrected chi connectivity index (χ2v) is 7.00. The second kappa shape index (κ2) is 5.85. The number of anilines is 1. The van der Waals surface area contributed by atoms with Crippen LogP contribution in [0.1, 0.15) is 13.2 Å². The van der Waals surface area contributed by atoms with Gasteiger partial charge in [0.25, 0.3) is 5.56 Å². The SMILES string of the molecule is C[C@]1(O)C(O)[C@@H](COP(=O)(O)O)O[C@H]1n1cnc2c(=O)[nH]c(N)nc21. The molecular formula is C11H16N5O8P. The number of nitrogens with two attached hydrogens (primary N) is 1. The first-order chi connectivity index (χ1) is 11.5. The van der Waals surface area contributed by atoms with Crippen molar-refractivity contribution in [3.05, 3.63) is 16.7 Å². The number of imidazole rings is 1. The zero-order chi connectivity index (χ0) is 18.6. The number of aliphatic hydroxyl groups excluding tert-OH is 1. The molecule has 14 heteroatoms. The molecule has 1 unspecified atom stereocenters. The van der Waals surface area contributed by atoms with Crippen molar-refractivity contribution >= 4 is 24.9 Å². The number of nitrogen functional groups attached to an aromatic ring is 1. The Morgan fingerprint density at radius 2 is 2.24 bits per heavy atom. The van der Waals surface area contributed by atoms with Gasteiger partial charge in [0.2, 0.25) is 5.95 Å². The van der Waals surface area contributed by atoms with E-state index in [-0.39, 0.29) is 17.1 Å². The van der Waals surface area contributed by atoms with Gasteiger partial charge in [-0.3, -0.25) is 18.9 Å². The van der Waals surface area contributed by atoms with E-state index < -0.39 is 44.0 Å². The van der Waals surface area contributed by atoms with Crippen LogP contribution < -0.4 is 11.3 Å². The summed E-state index contributed by atoms with van der Waals surface area (Å²) in [6, 6.07) is 0. The smallest absolute Gasteiger partial charge is 0.387 e. The maximum atomic E-state index is 11.8. The Morgan fingerprint density at radius 3 is 2.88 bits per heavy atom. The van der Waals surface area contributed by atoms with E-state index in [1.54, 1.807) is 0 Å². The zero-order valence-corrected chi connectivity index (χ0v) is 13.7. The molecule has 7 N–H and O–H groups in total. The largest absolute Gasteiger partial charge is 0.469 e. The third-order valence-electron chi connectivity index (χ3n) is 3.86. The van der Waals surface area contributed by atoms with Crippen molar-refractivity contribution in [2.75, 3.05) is 12.3 Å². The van der Waals surface area contributed by atoms with Crippen molar-refractivity contribution in [1.29, 1.82) is 0 Å². The number of aromatic amines is 1. The Balaban J connectivity index is 1.97. The quantitative estimate of drug-likeness (QED) is 0.316. The molecule has 25 heavy (non-hydrogen) atoms. The predicted molar refractivity (Wildman–Crippen MR) is 81.1 cm³/mol. The monoisotopic (exact) mass is 377 g/mol. The highest BCUT2D eigenvalue weighted by Gasteiger charge is 2.54. The summed E-state index contributed by atoms with van der Waals surface area (Å²) in [5.41, 5.74) is 2.96. The summed E-state index contributed by atoms with van der Waals surface area (Å²) < 4.78 is 21.8. The van der Waals surface area contributed by atoms with Crippen LogP contribution in [-0.4, -0.2) is 63.9 Å². The molecule has 13 nitrogen and oxygen atoms in total. The van der Waals surface area contributed by atoms with Crippen molar-refractivity contribution in [2.45, 2.75) is 31.0 Å². The second-order valence-electron chi connectivity index (χ2n) is 5.76. The molecule has 1 aliphatic heterocycles. The van der Waals surface area contributed by atoms with E-state index in [4.69, 9.17) is 20.3 Å². The summed E-state index contributed by atoms with van der Waals surface area (Å²) in [6.07, 6.45) is -2.87. The normalized spacial score (nSPS) is 30.2. The van der Waals surface area contributed by atoms with Crippen LogP contribution >= 0.6 is 7.82 Å². The van der Waals surface area contributed by atoms with Crippen LogP contribution in [-0.2, 0) is 13.8 Å². The number of aliphatic hydroxyl groups is 2. The maximum Gasteiger partial charge on any atom is 0.469 e. The first-order valence-electron chi connectivity index (χ1n) is 6.99. The molecule has 0 aromatic carbocycles. The van der Waals surface area contributed by atoms with E-state index in [9.17, 15) is 19.6 Å². The van der Waals surface area contributed by atoms with Gasteiger partial charge < -0.3 is 30.5 Å². The van der Waals surface area contributed by atoms with E-state index in [1.807, 2.05) is 0 Å². The van der Waals surface area contributed by atoms with Crippen LogP contribution in [0.3, 0.4) is 0 Å². The number of aromatic nitrogens is 4. The number of nitrogens with one attached hydrogen (secondary N) is 1. The predicted octanol–water partition coefficient (Wildman–Crippen LogP) is -2.18. The van der Waals surface area contributed by atoms with Crippen LogP contribution in [0.2, 0.25) is 0 Å². The highest BCUT2D eigenvalue weighted by atomic mass is 31.2. The molecule has 3 rings (SSSR count). The van der Waals surface area contributed by atoms with Crippen molar-refractivity contribution in [3.8, 4) is 0 Å². The van der Waals surface area contributed by atoms with Crippen LogP contribution in [0.4, 0.5) is 5.95 Å². The van der Waals surface area contributed by atoms with E-state index in [1.165, 1.54) is 17.8 Å². The van der Waals surface area contributed by atoms with Crippen LogP contribution in [0, 0.1) is 0 Å². The molecule has 0 saturated carbocycles. The number of rotatable bonds is 4. The van der Waals surface area contributed by atoms with Gasteiger partial charge >= 0.3 is 7.82 Å². The summed E-state index contributed by atoms with van der Waals surface area (Å²) in [7, 11) is -4.78. The van der Waals surface area contributed by atoms with E-state index >= 15 is 0 Å². The Labute approximate surface area is 139 Å². The summed E-state index contributed by atoms with van der Waals surface area (Å²) in [5.74, 6) is -0.182. The van der Waals surface area contributed by atoms with Gasteiger partial charge in [0, 0.05) is 0 Å². The van der Waals surface area contributed by atoms with Gasteiger partial charge in [-0.15, -0.1) is 0 Å². The highest BCUT2D eigenvalue weighted by molar-refractivity contribution is 7.46. The number of fused-ring (bicyclic) bond motifs is 1. The average molecular weight is 377 g/mol. The van der Waals surface area contributed by atoms with E-state index in [2.05, 4.69) is 19.5 Å². The number of ether oxygens (including phenoxy) is 1. The zero-order valence-electron chi connectivity index (χ0n) is 12.8. The number of hydrogen-bond acceptors (Lipinski definition) is 9. The van der Waals surface area contributed by atoms with Gasteiger partial charge in [-0.05, 0) is 6.92 Å². The standard InChI is InChI=1S/C11H16N5O8P/c1-11(19)6(17)4(2-23-25(20,21)22)24-9(11)16-3-13-5-7(16)14-10(12)15-8(5)18/h3-4,6,9,17,19H,2H2,1H3,(H2,20,21,22)(H3,12,14,15,18)/t4-,6?,9-,11+/m1/s1. The minimum absolute atomic E-state index is 0.00952. The summed E-state index contributed by atoms with van der Waals surface area (Å²) >= 11 is 0. The van der Waals surface area contributed by atoms with Gasteiger partial charge in [0.05, 0.1) is 12.9 Å². The molecule has 4 atom stereocenters. The minimum Gasteiger partial charge on any atom is -0.387 e. The van der Waals surface area contributed by atoms with Crippen molar-refractivity contribution in [3.63, 3.8) is 0 Å². The molecule has 1 saturated heterocycles. The third kappa shape index (κ3) is 3.18. The average Bonchev–Trinajstić information content (AvgIpc) is 2.97. The Kier molecular flexibility index (Phi) is 4.20. The first kappa shape index (κ1) is 17.9. The Bertz CT molecular complexity index is 903. The summed E-state index contributed by atoms with van der Waals surface area (Å²) in [6.45, 7) is 0.586. The molecule has 0 aliphatic carbocycles. The molecule has 3 heterocycles. The lowest BCUT2D eigenvalue weighted by atomic mass is 9.96. The first-order valence-corrected chi connectivity index (χ1v) is 8.52. The van der Waals surface area contributed by atoms with Gasteiger partial charge in [-0.25, -0.2) is 9.55 Å². The number of hydrogen-bond donors (Lipinski definition) is 6. The molecule has 1 aliphatic rings. The third-order valence-corrected chi connectivity index (χ3v) is 4.35. The highest BCUT2D eigenvalue weighted by Crippen LogP contribution is 2.42. The fourth-order valence-corrected chi connectivity index (χ4v) is 3.00. The number of phosphoric ester groups is 1. The lowest BCUT2D eigenvalue weighted by Crippen LogP contribution is -2.44. The van der Waals surface area contributed by atoms with E-state index in [0.717, 1.165) is 0 Å². The van der Waals surface area contributed by atoms with Crippen molar-refractivity contribution < 1.29 is 33.8 Å². The molecule has 0 spiro atoms. The van der Waals surface area contributed by atoms with Crippen LogP contribution in [0.25, 0.3) is 11.2 Å².